The molecule has 3 rings (SSSR count). The van der Waals surface area contributed by atoms with Crippen LogP contribution < -0.4 is 15.4 Å². The zero-order valence-electron chi connectivity index (χ0n) is 9.69. The first-order chi connectivity index (χ1) is 8.28. The normalized spacial score (nSPS) is 22.8. The lowest BCUT2D eigenvalue weighted by atomic mass is 10.1. The molecule has 1 atom stereocenters. The van der Waals surface area contributed by atoms with Gasteiger partial charge in [0.2, 0.25) is 5.91 Å². The van der Waals surface area contributed by atoms with Crippen molar-refractivity contribution in [3.8, 4) is 5.75 Å². The molecule has 2 aliphatic heterocycles. The molecule has 1 unspecified atom stereocenters. The number of benzene rings is 1. The molecule has 1 aromatic rings. The van der Waals surface area contributed by atoms with Crippen LogP contribution in [0.3, 0.4) is 0 Å². The average Bonchev–Trinajstić information content (AvgIpc) is 2.93. The minimum absolute atomic E-state index is 0.180. The van der Waals surface area contributed by atoms with Crippen molar-refractivity contribution in [3.05, 3.63) is 23.8 Å². The summed E-state index contributed by atoms with van der Waals surface area (Å²) < 4.78 is 5.46. The molecule has 0 aromatic heterocycles. The van der Waals surface area contributed by atoms with E-state index in [1.807, 2.05) is 17.0 Å². The second-order valence-corrected chi connectivity index (χ2v) is 4.70. The van der Waals surface area contributed by atoms with Gasteiger partial charge in [-0.1, -0.05) is 0 Å². The average molecular weight is 232 g/mol. The van der Waals surface area contributed by atoms with Crippen molar-refractivity contribution >= 4 is 11.6 Å². The molecule has 1 amide bonds. The van der Waals surface area contributed by atoms with Gasteiger partial charge in [0.25, 0.3) is 0 Å². The molecule has 0 aliphatic carbocycles. The monoisotopic (exact) mass is 232 g/mol. The van der Waals surface area contributed by atoms with Gasteiger partial charge in [-0.25, -0.2) is 0 Å². The van der Waals surface area contributed by atoms with Crippen LogP contribution in [0.4, 0.5) is 5.69 Å². The lowest BCUT2D eigenvalue weighted by Crippen LogP contribution is -2.25. The third kappa shape index (κ3) is 1.78. The fourth-order valence-electron chi connectivity index (χ4n) is 2.53. The van der Waals surface area contributed by atoms with Crippen molar-refractivity contribution < 1.29 is 9.53 Å². The van der Waals surface area contributed by atoms with Crippen LogP contribution in [0, 0.1) is 5.92 Å². The maximum absolute atomic E-state index is 11.9. The Morgan fingerprint density at radius 3 is 3.12 bits per heavy atom. The fraction of sp³-hybridized carbons (Fsp3) is 0.462. The number of hydrogen-bond donors (Lipinski definition) is 1. The summed E-state index contributed by atoms with van der Waals surface area (Å²) in [6.07, 6.45) is 1.51. The molecule has 4 heteroatoms. The van der Waals surface area contributed by atoms with Gasteiger partial charge in [0.1, 0.15) is 5.75 Å². The van der Waals surface area contributed by atoms with Crippen molar-refractivity contribution in [2.24, 2.45) is 11.7 Å². The van der Waals surface area contributed by atoms with E-state index in [9.17, 15) is 4.79 Å². The van der Waals surface area contributed by atoms with Crippen molar-refractivity contribution in [2.45, 2.75) is 12.8 Å². The zero-order chi connectivity index (χ0) is 11.8. The number of nitrogens with zero attached hydrogens (tertiary/aromatic N) is 1. The molecule has 0 radical (unpaired) electrons. The third-order valence-corrected chi connectivity index (χ3v) is 3.52. The van der Waals surface area contributed by atoms with Gasteiger partial charge in [-0.3, -0.25) is 4.79 Å². The summed E-state index contributed by atoms with van der Waals surface area (Å²) in [4.78, 5) is 13.7. The van der Waals surface area contributed by atoms with E-state index in [1.165, 1.54) is 5.56 Å². The Morgan fingerprint density at radius 2 is 2.35 bits per heavy atom. The van der Waals surface area contributed by atoms with Gasteiger partial charge in [0, 0.05) is 25.1 Å². The van der Waals surface area contributed by atoms with Crippen molar-refractivity contribution in [1.29, 1.82) is 0 Å². The van der Waals surface area contributed by atoms with Gasteiger partial charge < -0.3 is 15.4 Å². The Kier molecular flexibility index (Phi) is 2.52. The Labute approximate surface area is 100 Å². The lowest BCUT2D eigenvalue weighted by Gasteiger charge is -2.17. The number of fused-ring (bicyclic) bond motifs is 1. The minimum Gasteiger partial charge on any atom is -0.493 e. The summed E-state index contributed by atoms with van der Waals surface area (Å²) in [6.45, 7) is 2.07. The fourth-order valence-corrected chi connectivity index (χ4v) is 2.53. The molecular formula is C13H16N2O2. The smallest absolute Gasteiger partial charge is 0.227 e. The van der Waals surface area contributed by atoms with E-state index in [0.717, 1.165) is 31.0 Å². The second kappa shape index (κ2) is 4.04. The van der Waals surface area contributed by atoms with E-state index < -0.39 is 0 Å². The maximum Gasteiger partial charge on any atom is 0.227 e. The molecule has 0 bridgehead atoms. The summed E-state index contributed by atoms with van der Waals surface area (Å²) >= 11 is 0. The number of hydrogen-bond acceptors (Lipinski definition) is 3. The van der Waals surface area contributed by atoms with E-state index in [0.29, 0.717) is 18.9 Å². The van der Waals surface area contributed by atoms with E-state index in [2.05, 4.69) is 6.07 Å². The maximum atomic E-state index is 11.9. The van der Waals surface area contributed by atoms with E-state index >= 15 is 0 Å². The number of carbonyl (C=O) groups excluding carboxylic acids is 1. The van der Waals surface area contributed by atoms with Gasteiger partial charge in [0.05, 0.1) is 6.61 Å². The molecule has 1 aromatic carbocycles. The molecule has 0 saturated carbocycles. The Hall–Kier alpha value is -1.55. The molecule has 0 spiro atoms. The molecule has 1 saturated heterocycles. The summed E-state index contributed by atoms with van der Waals surface area (Å²) in [5.41, 5.74) is 7.81. The van der Waals surface area contributed by atoms with Crippen LogP contribution in [0.25, 0.3) is 0 Å². The molecule has 17 heavy (non-hydrogen) atoms. The minimum atomic E-state index is 0.180. The topological polar surface area (TPSA) is 55.6 Å². The largest absolute Gasteiger partial charge is 0.493 e. The van der Waals surface area contributed by atoms with Crippen molar-refractivity contribution in [1.82, 2.24) is 0 Å². The summed E-state index contributed by atoms with van der Waals surface area (Å²) in [7, 11) is 0. The summed E-state index contributed by atoms with van der Waals surface area (Å²) in [5, 5.41) is 0. The standard InChI is InChI=1S/C13H16N2O2/c14-7-9-5-13(16)15(8-9)11-1-2-12-10(6-11)3-4-17-12/h1-2,6,9H,3-5,7-8,14H2. The highest BCUT2D eigenvalue weighted by Gasteiger charge is 2.30. The lowest BCUT2D eigenvalue weighted by molar-refractivity contribution is -0.117. The van der Waals surface area contributed by atoms with E-state index in [-0.39, 0.29) is 5.91 Å². The first-order valence-electron chi connectivity index (χ1n) is 6.04. The van der Waals surface area contributed by atoms with Gasteiger partial charge in [0.15, 0.2) is 0 Å². The highest BCUT2D eigenvalue weighted by molar-refractivity contribution is 5.95. The van der Waals surface area contributed by atoms with Gasteiger partial charge in [-0.05, 0) is 36.2 Å². The van der Waals surface area contributed by atoms with Crippen molar-refractivity contribution in [2.75, 3.05) is 24.6 Å². The number of ether oxygens (including phenoxy) is 1. The first-order valence-corrected chi connectivity index (χ1v) is 6.04. The van der Waals surface area contributed by atoms with Crippen LogP contribution in [0.2, 0.25) is 0 Å². The number of amides is 1. The Balaban J connectivity index is 1.87. The molecular weight excluding hydrogens is 216 g/mol. The molecule has 90 valence electrons. The number of carbonyl (C=O) groups is 1. The molecule has 2 heterocycles. The van der Waals surface area contributed by atoms with Crippen LogP contribution in [-0.2, 0) is 11.2 Å². The quantitative estimate of drug-likeness (QED) is 0.825. The van der Waals surface area contributed by atoms with Crippen LogP contribution >= 0.6 is 0 Å². The second-order valence-electron chi connectivity index (χ2n) is 4.70. The predicted octanol–water partition coefficient (Wildman–Crippen LogP) is 0.933. The number of anilines is 1. The Bertz CT molecular complexity index is 459. The molecule has 2 N–H and O–H groups in total. The number of nitrogens with two attached hydrogens (primary N) is 1. The Morgan fingerprint density at radius 1 is 1.47 bits per heavy atom. The number of rotatable bonds is 2. The molecule has 1 fully saturated rings. The summed E-state index contributed by atoms with van der Waals surface area (Å²) in [5.74, 6) is 1.43. The molecule has 2 aliphatic rings. The zero-order valence-corrected chi connectivity index (χ0v) is 9.69. The van der Waals surface area contributed by atoms with Gasteiger partial charge in [-0.15, -0.1) is 0 Å². The third-order valence-electron chi connectivity index (χ3n) is 3.52. The van der Waals surface area contributed by atoms with Gasteiger partial charge in [-0.2, -0.15) is 0 Å². The molecule has 4 nitrogen and oxygen atoms in total. The van der Waals surface area contributed by atoms with E-state index in [1.54, 1.807) is 0 Å². The van der Waals surface area contributed by atoms with Crippen LogP contribution in [0.15, 0.2) is 18.2 Å². The van der Waals surface area contributed by atoms with Gasteiger partial charge >= 0.3 is 0 Å². The van der Waals surface area contributed by atoms with E-state index in [4.69, 9.17) is 10.5 Å². The SMILES string of the molecule is NCC1CC(=O)N(c2ccc3c(c2)CCO3)C1. The highest BCUT2D eigenvalue weighted by atomic mass is 16.5. The van der Waals surface area contributed by atoms with Crippen LogP contribution in [0.5, 0.6) is 5.75 Å². The first kappa shape index (κ1) is 10.6. The van der Waals surface area contributed by atoms with Crippen molar-refractivity contribution in [3.63, 3.8) is 0 Å². The predicted molar refractivity (Wildman–Crippen MR) is 65.2 cm³/mol. The van der Waals surface area contributed by atoms with Crippen LogP contribution in [0.1, 0.15) is 12.0 Å². The highest BCUT2D eigenvalue weighted by Crippen LogP contribution is 2.32. The van der Waals surface area contributed by atoms with Crippen LogP contribution in [-0.4, -0.2) is 25.6 Å². The summed E-state index contributed by atoms with van der Waals surface area (Å²) in [6, 6.07) is 5.99.